The molecule has 3 heterocycles. The molecule has 0 fully saturated rings. The molecule has 1 amide bonds. The number of carbonyl (C=O) groups is 1. The van der Waals surface area contributed by atoms with Gasteiger partial charge in [0.25, 0.3) is 5.91 Å². The highest BCUT2D eigenvalue weighted by molar-refractivity contribution is 6.33. The van der Waals surface area contributed by atoms with Gasteiger partial charge in [-0.05, 0) is 30.7 Å². The van der Waals surface area contributed by atoms with Crippen LogP contribution in [0.25, 0.3) is 22.6 Å². The zero-order chi connectivity index (χ0) is 19.5. The Morgan fingerprint density at radius 1 is 1.25 bits per heavy atom. The largest absolute Gasteiger partial charge is 0.352 e. The van der Waals surface area contributed by atoms with Crippen molar-refractivity contribution in [2.24, 2.45) is 7.05 Å². The van der Waals surface area contributed by atoms with E-state index in [2.05, 4.69) is 20.4 Å². The van der Waals surface area contributed by atoms with Gasteiger partial charge in [0.05, 0.1) is 10.6 Å². The van der Waals surface area contributed by atoms with Crippen LogP contribution in [0.15, 0.2) is 55.0 Å². The van der Waals surface area contributed by atoms with E-state index in [1.54, 1.807) is 18.5 Å². The Morgan fingerprint density at radius 2 is 2.11 bits per heavy atom. The van der Waals surface area contributed by atoms with Crippen molar-refractivity contribution in [3.05, 3.63) is 65.6 Å². The van der Waals surface area contributed by atoms with Crippen molar-refractivity contribution in [2.75, 3.05) is 6.54 Å². The maximum Gasteiger partial charge on any atom is 0.252 e. The first-order chi connectivity index (χ1) is 13.6. The number of fused-ring (bicyclic) bond motifs is 1. The van der Waals surface area contributed by atoms with E-state index in [4.69, 9.17) is 11.6 Å². The summed E-state index contributed by atoms with van der Waals surface area (Å²) < 4.78 is 3.71. The van der Waals surface area contributed by atoms with Gasteiger partial charge in [0.15, 0.2) is 5.65 Å². The minimum absolute atomic E-state index is 0.167. The van der Waals surface area contributed by atoms with E-state index in [0.29, 0.717) is 34.1 Å². The number of benzene rings is 1. The molecule has 0 saturated heterocycles. The van der Waals surface area contributed by atoms with E-state index in [-0.39, 0.29) is 5.91 Å². The van der Waals surface area contributed by atoms with Crippen LogP contribution in [0.5, 0.6) is 0 Å². The van der Waals surface area contributed by atoms with Gasteiger partial charge in [-0.25, -0.2) is 9.97 Å². The molecule has 7 nitrogen and oxygen atoms in total. The number of imidazole rings is 1. The Labute approximate surface area is 167 Å². The molecular weight excluding hydrogens is 376 g/mol. The third kappa shape index (κ3) is 3.61. The van der Waals surface area contributed by atoms with Crippen LogP contribution in [0.1, 0.15) is 16.8 Å². The molecule has 28 heavy (non-hydrogen) atoms. The third-order valence-electron chi connectivity index (χ3n) is 4.49. The summed E-state index contributed by atoms with van der Waals surface area (Å²) >= 11 is 6.30. The number of carbonyl (C=O) groups excluding carboxylic acids is 1. The summed E-state index contributed by atoms with van der Waals surface area (Å²) in [5, 5.41) is 7.67. The Morgan fingerprint density at radius 3 is 2.89 bits per heavy atom. The van der Waals surface area contributed by atoms with Crippen molar-refractivity contribution in [3.8, 4) is 11.4 Å². The van der Waals surface area contributed by atoms with E-state index < -0.39 is 0 Å². The van der Waals surface area contributed by atoms with Gasteiger partial charge in [-0.1, -0.05) is 23.7 Å². The molecule has 0 aliphatic rings. The smallest absolute Gasteiger partial charge is 0.252 e. The lowest BCUT2D eigenvalue weighted by Crippen LogP contribution is -2.25. The van der Waals surface area contributed by atoms with Crippen molar-refractivity contribution in [1.82, 2.24) is 29.6 Å². The number of nitrogens with one attached hydrogen (secondary N) is 1. The van der Waals surface area contributed by atoms with Gasteiger partial charge in [-0.15, -0.1) is 0 Å². The summed E-state index contributed by atoms with van der Waals surface area (Å²) in [7, 11) is 1.88. The Kier molecular flexibility index (Phi) is 5.08. The van der Waals surface area contributed by atoms with E-state index in [0.717, 1.165) is 18.5 Å². The molecular formula is C20H19ClN6O. The Bertz CT molecular complexity index is 1120. The van der Waals surface area contributed by atoms with E-state index in [9.17, 15) is 4.79 Å². The van der Waals surface area contributed by atoms with E-state index in [1.807, 2.05) is 52.8 Å². The lowest BCUT2D eigenvalue weighted by atomic mass is 10.2. The average molecular weight is 395 g/mol. The summed E-state index contributed by atoms with van der Waals surface area (Å²) in [4.78, 5) is 21.5. The molecule has 0 spiro atoms. The number of rotatable bonds is 6. The molecule has 142 valence electrons. The average Bonchev–Trinajstić information content (AvgIpc) is 3.33. The number of hydrogen-bond acceptors (Lipinski definition) is 4. The molecule has 1 N–H and O–H groups in total. The first kappa shape index (κ1) is 18.2. The molecule has 0 aliphatic heterocycles. The second-order valence-electron chi connectivity index (χ2n) is 6.42. The summed E-state index contributed by atoms with van der Waals surface area (Å²) in [6.45, 7) is 1.32. The van der Waals surface area contributed by atoms with E-state index >= 15 is 0 Å². The van der Waals surface area contributed by atoms with Crippen molar-refractivity contribution >= 4 is 28.7 Å². The number of amides is 1. The Balaban J connectivity index is 1.49. The number of aromatic nitrogens is 5. The quantitative estimate of drug-likeness (QED) is 0.509. The van der Waals surface area contributed by atoms with Gasteiger partial charge in [0.1, 0.15) is 11.3 Å². The van der Waals surface area contributed by atoms with Gasteiger partial charge in [0, 0.05) is 44.3 Å². The van der Waals surface area contributed by atoms with Crippen LogP contribution in [0, 0.1) is 0 Å². The van der Waals surface area contributed by atoms with Gasteiger partial charge >= 0.3 is 0 Å². The normalized spacial score (nSPS) is 11.1. The maximum atomic E-state index is 12.4. The SMILES string of the molecule is Cn1c(-c2ccccc2Cl)nc2cc(C(=O)NCCCn3cccn3)cnc21. The van der Waals surface area contributed by atoms with Crippen LogP contribution in [0.4, 0.5) is 0 Å². The summed E-state index contributed by atoms with van der Waals surface area (Å²) in [5.74, 6) is 0.546. The molecule has 3 aromatic heterocycles. The topological polar surface area (TPSA) is 77.6 Å². The van der Waals surface area contributed by atoms with Crippen LogP contribution < -0.4 is 5.32 Å². The first-order valence-corrected chi connectivity index (χ1v) is 9.34. The first-order valence-electron chi connectivity index (χ1n) is 8.96. The fraction of sp³-hybridized carbons (Fsp3) is 0.200. The second-order valence-corrected chi connectivity index (χ2v) is 6.83. The fourth-order valence-corrected chi connectivity index (χ4v) is 3.28. The number of nitrogens with zero attached hydrogens (tertiary/aromatic N) is 5. The maximum absolute atomic E-state index is 12.4. The van der Waals surface area contributed by atoms with Gasteiger partial charge < -0.3 is 9.88 Å². The lowest BCUT2D eigenvalue weighted by molar-refractivity contribution is 0.0952. The van der Waals surface area contributed by atoms with E-state index in [1.165, 1.54) is 0 Å². The highest BCUT2D eigenvalue weighted by atomic mass is 35.5. The molecule has 0 bridgehead atoms. The van der Waals surface area contributed by atoms with Crippen LogP contribution in [0.2, 0.25) is 5.02 Å². The highest BCUT2D eigenvalue weighted by Crippen LogP contribution is 2.28. The van der Waals surface area contributed by atoms with Crippen molar-refractivity contribution in [2.45, 2.75) is 13.0 Å². The molecule has 0 saturated carbocycles. The van der Waals surface area contributed by atoms with Crippen LogP contribution in [-0.2, 0) is 13.6 Å². The molecule has 0 unspecified atom stereocenters. The zero-order valence-electron chi connectivity index (χ0n) is 15.3. The fourth-order valence-electron chi connectivity index (χ4n) is 3.06. The molecule has 8 heteroatoms. The van der Waals surface area contributed by atoms with Gasteiger partial charge in [0.2, 0.25) is 0 Å². The van der Waals surface area contributed by atoms with Crippen LogP contribution in [0.3, 0.4) is 0 Å². The Hall–Kier alpha value is -3.19. The number of aryl methyl sites for hydroxylation is 2. The predicted octanol–water partition coefficient (Wildman–Crippen LogP) is 3.31. The monoisotopic (exact) mass is 394 g/mol. The summed E-state index contributed by atoms with van der Waals surface area (Å²) in [6, 6.07) is 11.2. The summed E-state index contributed by atoms with van der Waals surface area (Å²) in [6.07, 6.45) is 6.01. The third-order valence-corrected chi connectivity index (χ3v) is 4.82. The minimum Gasteiger partial charge on any atom is -0.352 e. The van der Waals surface area contributed by atoms with Gasteiger partial charge in [-0.2, -0.15) is 5.10 Å². The van der Waals surface area contributed by atoms with Gasteiger partial charge in [-0.3, -0.25) is 9.48 Å². The number of halogens is 1. The molecule has 1 aromatic carbocycles. The van der Waals surface area contributed by atoms with Crippen LogP contribution >= 0.6 is 11.6 Å². The molecule has 0 aliphatic carbocycles. The standard InChI is InChI=1S/C20H19ClN6O/c1-26-18(15-6-2-3-7-16(15)21)25-17-12-14(13-23-19(17)26)20(28)22-8-4-10-27-11-5-9-24-27/h2-3,5-7,9,11-13H,4,8,10H2,1H3,(H,22,28). The summed E-state index contributed by atoms with van der Waals surface area (Å²) in [5.41, 5.74) is 2.66. The molecule has 4 rings (SSSR count). The van der Waals surface area contributed by atoms with Crippen LogP contribution in [-0.4, -0.2) is 36.8 Å². The van der Waals surface area contributed by atoms with Crippen molar-refractivity contribution < 1.29 is 4.79 Å². The predicted molar refractivity (Wildman–Crippen MR) is 108 cm³/mol. The van der Waals surface area contributed by atoms with Crippen molar-refractivity contribution in [1.29, 1.82) is 0 Å². The molecule has 0 radical (unpaired) electrons. The lowest BCUT2D eigenvalue weighted by Gasteiger charge is -2.05. The second kappa shape index (κ2) is 7.82. The van der Waals surface area contributed by atoms with Crippen molar-refractivity contribution in [3.63, 3.8) is 0 Å². The minimum atomic E-state index is -0.167. The number of pyridine rings is 1. The molecule has 0 atom stereocenters. The highest BCUT2D eigenvalue weighted by Gasteiger charge is 2.15. The zero-order valence-corrected chi connectivity index (χ0v) is 16.1. The number of hydrogen-bond donors (Lipinski definition) is 1. The molecule has 4 aromatic rings.